The molecule has 0 amide bonds. The number of halogens is 3. The van der Waals surface area contributed by atoms with Crippen LogP contribution in [-0.4, -0.2) is 38.2 Å². The monoisotopic (exact) mass is 503 g/mol. The number of carbonyl (C=O) groups is 1. The fourth-order valence-corrected chi connectivity index (χ4v) is 4.03. The third-order valence-electron chi connectivity index (χ3n) is 5.51. The number of alkyl halides is 3. The molecule has 0 bridgehead atoms. The van der Waals surface area contributed by atoms with E-state index >= 15 is 0 Å². The maximum atomic E-state index is 12.9. The third-order valence-corrected chi connectivity index (χ3v) is 6.10. The van der Waals surface area contributed by atoms with Crippen LogP contribution in [0.5, 0.6) is 5.75 Å². The molecule has 0 aliphatic carbocycles. The standard InChI is InChI=1S/C27H28F3NO3S/c1-19-15-20(7-12-25(19)34-18-26(32)33-2)17-31(13-14-35-3)24-6-4-5-22(16-24)21-8-10-23(11-9-21)27(28,29)30/h4-12,15-16H,13-14,17-18H2,1-3H3. The zero-order valence-electron chi connectivity index (χ0n) is 19.9. The van der Waals surface area contributed by atoms with Crippen molar-refractivity contribution < 1.29 is 27.4 Å². The van der Waals surface area contributed by atoms with Crippen LogP contribution in [0.25, 0.3) is 11.1 Å². The lowest BCUT2D eigenvalue weighted by Gasteiger charge is -2.26. The van der Waals surface area contributed by atoms with Gasteiger partial charge in [0.2, 0.25) is 0 Å². The molecule has 0 radical (unpaired) electrons. The predicted octanol–water partition coefficient (Wildman–Crippen LogP) is 6.60. The predicted molar refractivity (Wildman–Crippen MR) is 135 cm³/mol. The number of hydrogen-bond donors (Lipinski definition) is 0. The number of rotatable bonds is 10. The molecule has 0 aliphatic rings. The van der Waals surface area contributed by atoms with Gasteiger partial charge in [-0.15, -0.1) is 0 Å². The summed E-state index contributed by atoms with van der Waals surface area (Å²) in [5.41, 5.74) is 3.90. The van der Waals surface area contributed by atoms with Gasteiger partial charge in [0.05, 0.1) is 12.7 Å². The fraction of sp³-hybridized carbons (Fsp3) is 0.296. The number of benzene rings is 3. The zero-order chi connectivity index (χ0) is 25.4. The number of aryl methyl sites for hydroxylation is 1. The van der Waals surface area contributed by atoms with E-state index in [0.717, 1.165) is 52.4 Å². The zero-order valence-corrected chi connectivity index (χ0v) is 20.7. The Morgan fingerprint density at radius 2 is 1.74 bits per heavy atom. The van der Waals surface area contributed by atoms with E-state index in [1.165, 1.54) is 19.2 Å². The largest absolute Gasteiger partial charge is 0.482 e. The van der Waals surface area contributed by atoms with Crippen LogP contribution in [0, 0.1) is 6.92 Å². The van der Waals surface area contributed by atoms with E-state index in [2.05, 4.69) is 9.64 Å². The van der Waals surface area contributed by atoms with Gasteiger partial charge in [0.1, 0.15) is 5.75 Å². The Labute approximate surface area is 208 Å². The van der Waals surface area contributed by atoms with Crippen molar-refractivity contribution in [3.8, 4) is 16.9 Å². The lowest BCUT2D eigenvalue weighted by molar-refractivity contribution is -0.143. The number of carbonyl (C=O) groups excluding carboxylic acids is 1. The molecule has 0 aromatic heterocycles. The van der Waals surface area contributed by atoms with Crippen molar-refractivity contribution in [3.63, 3.8) is 0 Å². The van der Waals surface area contributed by atoms with Gasteiger partial charge in [0.25, 0.3) is 0 Å². The number of ether oxygens (including phenoxy) is 2. The summed E-state index contributed by atoms with van der Waals surface area (Å²) in [6.45, 7) is 3.23. The minimum atomic E-state index is -4.35. The summed E-state index contributed by atoms with van der Waals surface area (Å²) in [4.78, 5) is 13.6. The second kappa shape index (κ2) is 12.0. The first-order valence-corrected chi connectivity index (χ1v) is 12.4. The molecular formula is C27H28F3NO3S. The second-order valence-corrected chi connectivity index (χ2v) is 8.99. The first kappa shape index (κ1) is 26.5. The summed E-state index contributed by atoms with van der Waals surface area (Å²) < 4.78 is 48.9. The number of hydrogen-bond acceptors (Lipinski definition) is 5. The van der Waals surface area contributed by atoms with Crippen LogP contribution in [0.4, 0.5) is 18.9 Å². The molecule has 3 aromatic rings. The van der Waals surface area contributed by atoms with Gasteiger partial charge in [0.15, 0.2) is 6.61 Å². The van der Waals surface area contributed by atoms with E-state index in [9.17, 15) is 18.0 Å². The molecule has 0 aliphatic heterocycles. The highest BCUT2D eigenvalue weighted by molar-refractivity contribution is 7.98. The van der Waals surface area contributed by atoms with Gasteiger partial charge in [-0.3, -0.25) is 0 Å². The fourth-order valence-electron chi connectivity index (χ4n) is 3.62. The molecule has 0 unspecified atom stereocenters. The first-order valence-electron chi connectivity index (χ1n) is 11.0. The average Bonchev–Trinajstić information content (AvgIpc) is 2.85. The van der Waals surface area contributed by atoms with E-state index in [1.54, 1.807) is 11.8 Å². The van der Waals surface area contributed by atoms with Crippen molar-refractivity contribution in [2.75, 3.05) is 37.2 Å². The lowest BCUT2D eigenvalue weighted by Crippen LogP contribution is -2.25. The highest BCUT2D eigenvalue weighted by atomic mass is 32.2. The Hall–Kier alpha value is -3.13. The molecule has 4 nitrogen and oxygen atoms in total. The van der Waals surface area contributed by atoms with E-state index in [0.29, 0.717) is 12.3 Å². The molecule has 186 valence electrons. The van der Waals surface area contributed by atoms with Gasteiger partial charge in [-0.05, 0) is 65.8 Å². The van der Waals surface area contributed by atoms with E-state index in [4.69, 9.17) is 4.74 Å². The molecule has 3 rings (SSSR count). The Morgan fingerprint density at radius 1 is 1.00 bits per heavy atom. The maximum absolute atomic E-state index is 12.9. The summed E-state index contributed by atoms with van der Waals surface area (Å²) in [5, 5.41) is 0. The Morgan fingerprint density at radius 3 is 2.37 bits per heavy atom. The summed E-state index contributed by atoms with van der Waals surface area (Å²) in [6.07, 6.45) is -2.30. The molecule has 0 heterocycles. The van der Waals surface area contributed by atoms with Crippen LogP contribution in [0.2, 0.25) is 0 Å². The Kier molecular flexibility index (Phi) is 9.09. The van der Waals surface area contributed by atoms with E-state index in [1.807, 2.05) is 55.6 Å². The summed E-state index contributed by atoms with van der Waals surface area (Å²) in [6, 6.07) is 18.9. The van der Waals surface area contributed by atoms with Crippen molar-refractivity contribution in [2.24, 2.45) is 0 Å². The van der Waals surface area contributed by atoms with Crippen molar-refractivity contribution in [2.45, 2.75) is 19.6 Å². The molecule has 35 heavy (non-hydrogen) atoms. The highest BCUT2D eigenvalue weighted by Crippen LogP contribution is 2.32. The molecule has 0 atom stereocenters. The van der Waals surface area contributed by atoms with Gasteiger partial charge in [0, 0.05) is 24.5 Å². The van der Waals surface area contributed by atoms with Gasteiger partial charge < -0.3 is 14.4 Å². The number of anilines is 1. The highest BCUT2D eigenvalue weighted by Gasteiger charge is 2.30. The van der Waals surface area contributed by atoms with Crippen molar-refractivity contribution in [3.05, 3.63) is 83.4 Å². The van der Waals surface area contributed by atoms with Gasteiger partial charge in [-0.1, -0.05) is 36.4 Å². The van der Waals surface area contributed by atoms with Crippen molar-refractivity contribution in [1.29, 1.82) is 0 Å². The molecule has 0 spiro atoms. The third kappa shape index (κ3) is 7.42. The molecule has 0 fully saturated rings. The quantitative estimate of drug-likeness (QED) is 0.292. The minimum absolute atomic E-state index is 0.146. The first-order chi connectivity index (χ1) is 16.7. The van der Waals surface area contributed by atoms with Crippen molar-refractivity contribution in [1.82, 2.24) is 0 Å². The number of esters is 1. The van der Waals surface area contributed by atoms with Crippen LogP contribution in [0.1, 0.15) is 16.7 Å². The smallest absolute Gasteiger partial charge is 0.416 e. The van der Waals surface area contributed by atoms with Crippen LogP contribution < -0.4 is 9.64 Å². The molecule has 0 saturated heterocycles. The van der Waals surface area contributed by atoms with Crippen LogP contribution in [0.3, 0.4) is 0 Å². The van der Waals surface area contributed by atoms with E-state index in [-0.39, 0.29) is 6.61 Å². The summed E-state index contributed by atoms with van der Waals surface area (Å²) in [7, 11) is 1.32. The minimum Gasteiger partial charge on any atom is -0.482 e. The van der Waals surface area contributed by atoms with Crippen LogP contribution in [0.15, 0.2) is 66.7 Å². The SMILES string of the molecule is COC(=O)COc1ccc(CN(CCSC)c2cccc(-c3ccc(C(F)(F)F)cc3)c2)cc1C. The molecule has 3 aromatic carbocycles. The topological polar surface area (TPSA) is 38.8 Å². The molecule has 8 heteroatoms. The van der Waals surface area contributed by atoms with Gasteiger partial charge in [-0.2, -0.15) is 24.9 Å². The average molecular weight is 504 g/mol. The van der Waals surface area contributed by atoms with E-state index < -0.39 is 17.7 Å². The normalized spacial score (nSPS) is 11.3. The number of nitrogens with zero attached hydrogens (tertiary/aromatic N) is 1. The summed E-state index contributed by atoms with van der Waals surface area (Å²) in [5.74, 6) is 1.10. The molecule has 0 N–H and O–H groups in total. The van der Waals surface area contributed by atoms with Gasteiger partial charge in [-0.25, -0.2) is 4.79 Å². The maximum Gasteiger partial charge on any atom is 0.416 e. The Bertz CT molecular complexity index is 1130. The van der Waals surface area contributed by atoms with Crippen molar-refractivity contribution >= 4 is 23.4 Å². The molecular weight excluding hydrogens is 475 g/mol. The van der Waals surface area contributed by atoms with Gasteiger partial charge >= 0.3 is 12.1 Å². The van der Waals surface area contributed by atoms with Crippen LogP contribution in [-0.2, 0) is 22.3 Å². The number of thioether (sulfide) groups is 1. The summed E-state index contributed by atoms with van der Waals surface area (Å²) >= 11 is 1.74. The Balaban J connectivity index is 1.81. The molecule has 0 saturated carbocycles. The van der Waals surface area contributed by atoms with Crippen LogP contribution >= 0.6 is 11.8 Å². The number of methoxy groups -OCH3 is 1. The second-order valence-electron chi connectivity index (χ2n) is 8.00. The lowest BCUT2D eigenvalue weighted by atomic mass is 10.0.